The van der Waals surface area contributed by atoms with Crippen molar-refractivity contribution in [3.8, 4) is 5.75 Å². The molecular formula is C19H22BrNO2. The Kier molecular flexibility index (Phi) is 6.22. The maximum absolute atomic E-state index is 12.0. The van der Waals surface area contributed by atoms with Crippen LogP contribution in [0.25, 0.3) is 0 Å². The molecule has 1 N–H and O–H groups in total. The molecule has 0 aromatic heterocycles. The Hall–Kier alpha value is -1.81. The average molecular weight is 376 g/mol. The van der Waals surface area contributed by atoms with Crippen molar-refractivity contribution >= 4 is 27.5 Å². The van der Waals surface area contributed by atoms with Gasteiger partial charge in [0, 0.05) is 10.9 Å². The molecule has 4 heteroatoms. The van der Waals surface area contributed by atoms with E-state index in [0.717, 1.165) is 27.0 Å². The summed E-state index contributed by atoms with van der Waals surface area (Å²) in [6.45, 7) is 6.66. The summed E-state index contributed by atoms with van der Waals surface area (Å²) in [4.78, 5) is 12.0. The molecule has 0 bridgehead atoms. The Labute approximate surface area is 146 Å². The van der Waals surface area contributed by atoms with Crippen LogP contribution in [0.1, 0.15) is 29.5 Å². The Morgan fingerprint density at radius 1 is 1.17 bits per heavy atom. The van der Waals surface area contributed by atoms with E-state index in [4.69, 9.17) is 4.74 Å². The molecule has 0 unspecified atom stereocenters. The van der Waals surface area contributed by atoms with Crippen molar-refractivity contribution in [2.45, 2.75) is 33.6 Å². The number of halogens is 1. The molecule has 0 aliphatic heterocycles. The van der Waals surface area contributed by atoms with E-state index in [2.05, 4.69) is 34.2 Å². The van der Waals surface area contributed by atoms with Crippen molar-refractivity contribution in [3.63, 3.8) is 0 Å². The van der Waals surface area contributed by atoms with Gasteiger partial charge in [-0.15, -0.1) is 0 Å². The first-order chi connectivity index (χ1) is 11.0. The van der Waals surface area contributed by atoms with E-state index in [0.29, 0.717) is 19.4 Å². The van der Waals surface area contributed by atoms with Crippen LogP contribution in [-0.2, 0) is 4.79 Å². The third-order valence-corrected chi connectivity index (χ3v) is 4.42. The lowest BCUT2D eigenvalue weighted by molar-refractivity contribution is -0.116. The van der Waals surface area contributed by atoms with Gasteiger partial charge < -0.3 is 10.1 Å². The van der Waals surface area contributed by atoms with Crippen LogP contribution in [0, 0.1) is 20.8 Å². The molecule has 0 spiro atoms. The summed E-state index contributed by atoms with van der Waals surface area (Å²) in [5.74, 6) is 0.894. The van der Waals surface area contributed by atoms with Crippen molar-refractivity contribution in [1.82, 2.24) is 0 Å². The van der Waals surface area contributed by atoms with Crippen molar-refractivity contribution in [2.24, 2.45) is 0 Å². The normalized spacial score (nSPS) is 10.4. The minimum atomic E-state index is -0.000817. The van der Waals surface area contributed by atoms with Gasteiger partial charge in [-0.25, -0.2) is 0 Å². The first kappa shape index (κ1) is 17.5. The van der Waals surface area contributed by atoms with Crippen LogP contribution >= 0.6 is 15.9 Å². The number of carbonyl (C=O) groups excluding carboxylic acids is 1. The van der Waals surface area contributed by atoms with Crippen molar-refractivity contribution in [3.05, 3.63) is 57.6 Å². The van der Waals surface area contributed by atoms with Gasteiger partial charge in [-0.3, -0.25) is 4.79 Å². The molecule has 0 atom stereocenters. The van der Waals surface area contributed by atoms with Gasteiger partial charge in [-0.05, 0) is 78.0 Å². The molecule has 3 nitrogen and oxygen atoms in total. The Bertz CT molecular complexity index is 698. The molecular weight excluding hydrogens is 354 g/mol. The van der Waals surface area contributed by atoms with Crippen molar-refractivity contribution < 1.29 is 9.53 Å². The minimum Gasteiger partial charge on any atom is -0.493 e. The summed E-state index contributed by atoms with van der Waals surface area (Å²) in [6.07, 6.45) is 1.12. The summed E-state index contributed by atoms with van der Waals surface area (Å²) in [5.41, 5.74) is 4.32. The van der Waals surface area contributed by atoms with Crippen LogP contribution in [0.3, 0.4) is 0 Å². The van der Waals surface area contributed by atoms with Crippen LogP contribution in [0.15, 0.2) is 40.9 Å². The zero-order chi connectivity index (χ0) is 16.8. The fraction of sp³-hybridized carbons (Fsp3) is 0.316. The molecule has 23 heavy (non-hydrogen) atoms. The second kappa shape index (κ2) is 8.16. The summed E-state index contributed by atoms with van der Waals surface area (Å²) >= 11 is 3.46. The lowest BCUT2D eigenvalue weighted by atomic mass is 10.1. The van der Waals surface area contributed by atoms with E-state index in [1.807, 2.05) is 44.2 Å². The number of hydrogen-bond donors (Lipinski definition) is 1. The van der Waals surface area contributed by atoms with Crippen LogP contribution in [0.2, 0.25) is 0 Å². The largest absolute Gasteiger partial charge is 0.493 e. The standard InChI is InChI=1S/C19H22BrNO2/c1-13-9-10-17(16(20)12-13)21-19(22)8-5-11-23-18-7-4-6-14(2)15(18)3/h4,6-7,9-10,12H,5,8,11H2,1-3H3,(H,21,22). The molecule has 0 heterocycles. The van der Waals surface area contributed by atoms with Gasteiger partial charge in [-0.2, -0.15) is 0 Å². The van der Waals surface area contributed by atoms with Crippen molar-refractivity contribution in [2.75, 3.05) is 11.9 Å². The molecule has 2 rings (SSSR count). The Balaban J connectivity index is 1.78. The zero-order valence-electron chi connectivity index (χ0n) is 13.8. The van der Waals surface area contributed by atoms with E-state index in [-0.39, 0.29) is 5.91 Å². The highest BCUT2D eigenvalue weighted by Gasteiger charge is 2.06. The molecule has 0 aliphatic rings. The van der Waals surface area contributed by atoms with Crippen LogP contribution < -0.4 is 10.1 Å². The molecule has 0 saturated heterocycles. The number of rotatable bonds is 6. The van der Waals surface area contributed by atoms with Crippen LogP contribution in [0.5, 0.6) is 5.75 Å². The number of aryl methyl sites for hydroxylation is 2. The number of amides is 1. The van der Waals surface area contributed by atoms with Gasteiger partial charge in [0.1, 0.15) is 5.75 Å². The highest BCUT2D eigenvalue weighted by atomic mass is 79.9. The van der Waals surface area contributed by atoms with Gasteiger partial charge in [0.05, 0.1) is 12.3 Å². The SMILES string of the molecule is Cc1ccc(NC(=O)CCCOc2cccc(C)c2C)c(Br)c1. The van der Waals surface area contributed by atoms with Gasteiger partial charge >= 0.3 is 0 Å². The smallest absolute Gasteiger partial charge is 0.224 e. The zero-order valence-corrected chi connectivity index (χ0v) is 15.4. The molecule has 2 aromatic carbocycles. The second-order valence-electron chi connectivity index (χ2n) is 5.68. The molecule has 0 aliphatic carbocycles. The lowest BCUT2D eigenvalue weighted by Gasteiger charge is -2.11. The minimum absolute atomic E-state index is 0.000817. The Morgan fingerprint density at radius 2 is 1.96 bits per heavy atom. The average Bonchev–Trinajstić information content (AvgIpc) is 2.50. The summed E-state index contributed by atoms with van der Waals surface area (Å²) < 4.78 is 6.67. The van der Waals surface area contributed by atoms with E-state index >= 15 is 0 Å². The quantitative estimate of drug-likeness (QED) is 0.707. The first-order valence-electron chi connectivity index (χ1n) is 7.72. The molecule has 122 valence electrons. The Morgan fingerprint density at radius 3 is 2.70 bits per heavy atom. The van der Waals surface area contributed by atoms with E-state index in [1.165, 1.54) is 5.56 Å². The second-order valence-corrected chi connectivity index (χ2v) is 6.54. The van der Waals surface area contributed by atoms with Crippen LogP contribution in [-0.4, -0.2) is 12.5 Å². The maximum Gasteiger partial charge on any atom is 0.224 e. The summed E-state index contributed by atoms with van der Waals surface area (Å²) in [7, 11) is 0. The van der Waals surface area contributed by atoms with Gasteiger partial charge in [0.15, 0.2) is 0 Å². The van der Waals surface area contributed by atoms with Crippen LogP contribution in [0.4, 0.5) is 5.69 Å². The molecule has 2 aromatic rings. The third-order valence-electron chi connectivity index (χ3n) is 3.76. The first-order valence-corrected chi connectivity index (χ1v) is 8.51. The van der Waals surface area contributed by atoms with Gasteiger partial charge in [-0.1, -0.05) is 18.2 Å². The van der Waals surface area contributed by atoms with Gasteiger partial charge in [0.2, 0.25) is 5.91 Å². The third kappa shape index (κ3) is 5.10. The predicted molar refractivity (Wildman–Crippen MR) is 98.2 cm³/mol. The van der Waals surface area contributed by atoms with E-state index in [9.17, 15) is 4.79 Å². The maximum atomic E-state index is 12.0. The van der Waals surface area contributed by atoms with Crippen molar-refractivity contribution in [1.29, 1.82) is 0 Å². The number of ether oxygens (including phenoxy) is 1. The number of carbonyl (C=O) groups is 1. The molecule has 0 saturated carbocycles. The molecule has 0 fully saturated rings. The number of anilines is 1. The fourth-order valence-corrected chi connectivity index (χ4v) is 2.82. The van der Waals surface area contributed by atoms with E-state index in [1.54, 1.807) is 0 Å². The van der Waals surface area contributed by atoms with Gasteiger partial charge in [0.25, 0.3) is 0 Å². The fourth-order valence-electron chi connectivity index (χ4n) is 2.23. The highest BCUT2D eigenvalue weighted by molar-refractivity contribution is 9.10. The number of nitrogens with one attached hydrogen (secondary N) is 1. The highest BCUT2D eigenvalue weighted by Crippen LogP contribution is 2.24. The molecule has 0 radical (unpaired) electrons. The molecule has 1 amide bonds. The lowest BCUT2D eigenvalue weighted by Crippen LogP contribution is -2.13. The topological polar surface area (TPSA) is 38.3 Å². The monoisotopic (exact) mass is 375 g/mol. The summed E-state index contributed by atoms with van der Waals surface area (Å²) in [6, 6.07) is 11.9. The summed E-state index contributed by atoms with van der Waals surface area (Å²) in [5, 5.41) is 2.92. The van der Waals surface area contributed by atoms with E-state index < -0.39 is 0 Å². The predicted octanol–water partition coefficient (Wildman–Crippen LogP) is 5.17. The number of hydrogen-bond acceptors (Lipinski definition) is 2. The number of benzene rings is 2.